The zero-order valence-corrected chi connectivity index (χ0v) is 22.5. The van der Waals surface area contributed by atoms with Gasteiger partial charge in [-0.2, -0.15) is 0 Å². The summed E-state index contributed by atoms with van der Waals surface area (Å²) in [5, 5.41) is 46.8. The summed E-state index contributed by atoms with van der Waals surface area (Å²) in [6.45, 7) is 7.91. The zero-order valence-electron chi connectivity index (χ0n) is 22.5. The van der Waals surface area contributed by atoms with Crippen LogP contribution in [0.4, 0.5) is 0 Å². The quantitative estimate of drug-likeness (QED) is 0.336. The molecule has 4 N–H and O–H groups in total. The van der Waals surface area contributed by atoms with E-state index in [0.29, 0.717) is 5.57 Å². The molecule has 0 aromatic heterocycles. The van der Waals surface area contributed by atoms with Crippen LogP contribution in [0, 0.1) is 16.7 Å². The van der Waals surface area contributed by atoms with Gasteiger partial charge in [0.25, 0.3) is 0 Å². The van der Waals surface area contributed by atoms with E-state index >= 15 is 0 Å². The normalized spacial score (nSPS) is 43.8. The van der Waals surface area contributed by atoms with E-state index in [-0.39, 0.29) is 31.6 Å². The summed E-state index contributed by atoms with van der Waals surface area (Å²) in [5.74, 6) is -2.36. The van der Waals surface area contributed by atoms with E-state index in [4.69, 9.17) is 14.2 Å². The Morgan fingerprint density at radius 1 is 1.13 bits per heavy atom. The molecule has 9 heteroatoms. The van der Waals surface area contributed by atoms with Crippen molar-refractivity contribution in [3.63, 3.8) is 0 Å². The Bertz CT molecular complexity index is 1160. The van der Waals surface area contributed by atoms with Crippen LogP contribution < -0.4 is 0 Å². The lowest BCUT2D eigenvalue weighted by Crippen LogP contribution is -2.81. The molecule has 0 radical (unpaired) electrons. The minimum absolute atomic E-state index is 0.00657. The number of benzene rings is 1. The van der Waals surface area contributed by atoms with Crippen LogP contribution in [0.25, 0.3) is 0 Å². The summed E-state index contributed by atoms with van der Waals surface area (Å²) >= 11 is 0. The predicted molar refractivity (Wildman–Crippen MR) is 135 cm³/mol. The maximum Gasteiger partial charge on any atom is 0.303 e. The number of aliphatic hydroxyl groups is 4. The summed E-state index contributed by atoms with van der Waals surface area (Å²) in [6, 6.07) is 9.31. The molecule has 5 rings (SSSR count). The molecule has 0 unspecified atom stereocenters. The predicted octanol–water partition coefficient (Wildman–Crippen LogP) is 1.44. The average molecular weight is 531 g/mol. The van der Waals surface area contributed by atoms with E-state index in [0.717, 1.165) is 5.56 Å². The number of ketones is 1. The van der Waals surface area contributed by atoms with Crippen LogP contribution in [0.15, 0.2) is 41.5 Å². The van der Waals surface area contributed by atoms with Crippen LogP contribution in [-0.4, -0.2) is 80.5 Å². The fraction of sp³-hybridized carbons (Fsp3) is 0.655. The molecule has 2 bridgehead atoms. The van der Waals surface area contributed by atoms with E-state index in [9.17, 15) is 30.0 Å². The second-order valence-electron chi connectivity index (χ2n) is 12.2. The van der Waals surface area contributed by atoms with Crippen molar-refractivity contribution in [2.45, 2.75) is 95.8 Å². The highest BCUT2D eigenvalue weighted by atomic mass is 16.6. The third-order valence-electron chi connectivity index (χ3n) is 9.97. The highest BCUT2D eigenvalue weighted by Gasteiger charge is 2.77. The second-order valence-corrected chi connectivity index (χ2v) is 12.2. The summed E-state index contributed by atoms with van der Waals surface area (Å²) in [7, 11) is 0. The summed E-state index contributed by atoms with van der Waals surface area (Å²) < 4.78 is 18.3. The van der Waals surface area contributed by atoms with Crippen LogP contribution >= 0.6 is 0 Å². The van der Waals surface area contributed by atoms with Crippen LogP contribution in [0.2, 0.25) is 0 Å². The molecule has 0 spiro atoms. The van der Waals surface area contributed by atoms with Gasteiger partial charge in [-0.1, -0.05) is 44.2 Å². The lowest BCUT2D eigenvalue weighted by molar-refractivity contribution is -0.351. The molecular formula is C29H38O9. The van der Waals surface area contributed by atoms with Crippen LogP contribution in [0.1, 0.15) is 53.0 Å². The van der Waals surface area contributed by atoms with Gasteiger partial charge in [0.2, 0.25) is 0 Å². The number of carbonyl (C=O) groups is 2. The molecule has 1 saturated heterocycles. The first-order chi connectivity index (χ1) is 17.7. The van der Waals surface area contributed by atoms with Gasteiger partial charge in [0.1, 0.15) is 17.8 Å². The van der Waals surface area contributed by atoms with Gasteiger partial charge in [-0.15, -0.1) is 0 Å². The zero-order chi connectivity index (χ0) is 27.8. The molecule has 2 saturated carbocycles. The Morgan fingerprint density at radius 3 is 2.37 bits per heavy atom. The first-order valence-corrected chi connectivity index (χ1v) is 13.2. The Labute approximate surface area is 222 Å². The summed E-state index contributed by atoms with van der Waals surface area (Å²) in [6.07, 6.45) is -6.18. The highest BCUT2D eigenvalue weighted by molar-refractivity contribution is 5.93. The van der Waals surface area contributed by atoms with Crippen molar-refractivity contribution >= 4 is 11.8 Å². The number of Topliss-reactive ketones (excluding diaryl/α,β-unsaturated/α-hetero) is 1. The van der Waals surface area contributed by atoms with Crippen molar-refractivity contribution < 1.29 is 44.2 Å². The number of esters is 1. The molecule has 1 aliphatic heterocycles. The van der Waals surface area contributed by atoms with Crippen molar-refractivity contribution in [3.05, 3.63) is 47.0 Å². The van der Waals surface area contributed by atoms with Gasteiger partial charge in [0.15, 0.2) is 11.4 Å². The Hall–Kier alpha value is -2.14. The highest BCUT2D eigenvalue weighted by Crippen LogP contribution is 2.63. The molecular weight excluding hydrogens is 492 g/mol. The molecule has 3 aliphatic carbocycles. The third kappa shape index (κ3) is 3.52. The van der Waals surface area contributed by atoms with Crippen molar-refractivity contribution in [2.75, 3.05) is 6.61 Å². The third-order valence-corrected chi connectivity index (χ3v) is 9.97. The molecule has 9 atom stereocenters. The SMILES string of the molecule is CC(=O)O[C@@]12CO[C@H]1C[C@H](O)[C@@]1(C)C(=O)[C@H](O)C3=C(C)[C@@H](O)C[C@@](O)([C@@H](OCc4ccccc4)[C@@H]21)C3(C)C. The van der Waals surface area contributed by atoms with Gasteiger partial charge in [-0.25, -0.2) is 0 Å². The number of hydrogen-bond acceptors (Lipinski definition) is 9. The molecule has 38 heavy (non-hydrogen) atoms. The fourth-order valence-corrected chi connectivity index (χ4v) is 7.73. The standard InChI is InChI=1S/C29H38O9/c1-15-18(31)12-29(35)25(36-13-17-9-7-6-8-10-17)23-27(5,24(34)22(33)21(15)26(29,3)4)19(32)11-20-28(23,14-37-20)38-16(2)30/h6-10,18-20,22-23,25,31-33,35H,11-14H2,1-5H3/t18-,19-,20-,22+,23+,25-,27+,28-,29+/m0/s1. The van der Waals surface area contributed by atoms with Crippen LogP contribution in [-0.2, 0) is 30.4 Å². The van der Waals surface area contributed by atoms with Crippen LogP contribution in [0.5, 0.6) is 0 Å². The van der Waals surface area contributed by atoms with Gasteiger partial charge >= 0.3 is 5.97 Å². The van der Waals surface area contributed by atoms with Gasteiger partial charge in [-0.05, 0) is 30.6 Å². The number of rotatable bonds is 4. The molecule has 208 valence electrons. The minimum atomic E-state index is -1.83. The molecule has 9 nitrogen and oxygen atoms in total. The van der Waals surface area contributed by atoms with Gasteiger partial charge in [-0.3, -0.25) is 9.59 Å². The summed E-state index contributed by atoms with van der Waals surface area (Å²) in [5.41, 5.74) is -4.67. The van der Waals surface area contributed by atoms with Crippen molar-refractivity contribution in [1.29, 1.82) is 0 Å². The number of hydrogen-bond donors (Lipinski definition) is 4. The Balaban J connectivity index is 1.78. The topological polar surface area (TPSA) is 143 Å². The molecule has 1 heterocycles. The van der Waals surface area contributed by atoms with Crippen molar-refractivity contribution in [1.82, 2.24) is 0 Å². The number of fused-ring (bicyclic) bond motifs is 5. The van der Waals surface area contributed by atoms with E-state index in [2.05, 4.69) is 0 Å². The number of carbonyl (C=O) groups excluding carboxylic acids is 2. The molecule has 3 fully saturated rings. The monoisotopic (exact) mass is 530 g/mol. The first-order valence-electron chi connectivity index (χ1n) is 13.2. The second kappa shape index (κ2) is 8.94. The number of aliphatic hydroxyl groups excluding tert-OH is 3. The smallest absolute Gasteiger partial charge is 0.303 e. The average Bonchev–Trinajstić information content (AvgIpc) is 2.85. The number of ether oxygens (including phenoxy) is 3. The van der Waals surface area contributed by atoms with E-state index in [1.807, 2.05) is 30.3 Å². The maximum absolute atomic E-state index is 14.3. The van der Waals surface area contributed by atoms with E-state index < -0.39 is 70.2 Å². The van der Waals surface area contributed by atoms with Gasteiger partial charge in [0, 0.05) is 31.1 Å². The van der Waals surface area contributed by atoms with Crippen LogP contribution in [0.3, 0.4) is 0 Å². The van der Waals surface area contributed by atoms with Crippen molar-refractivity contribution in [3.8, 4) is 0 Å². The Morgan fingerprint density at radius 2 is 1.79 bits per heavy atom. The van der Waals surface area contributed by atoms with Crippen molar-refractivity contribution in [2.24, 2.45) is 16.7 Å². The van der Waals surface area contributed by atoms with E-state index in [1.165, 1.54) is 6.92 Å². The fourth-order valence-electron chi connectivity index (χ4n) is 7.73. The minimum Gasteiger partial charge on any atom is -0.454 e. The Kier molecular flexibility index (Phi) is 6.45. The van der Waals surface area contributed by atoms with Gasteiger partial charge < -0.3 is 34.6 Å². The molecule has 1 aromatic rings. The lowest BCUT2D eigenvalue weighted by atomic mass is 9.44. The summed E-state index contributed by atoms with van der Waals surface area (Å²) in [4.78, 5) is 26.7. The maximum atomic E-state index is 14.3. The molecule has 4 aliphatic rings. The molecule has 0 amide bonds. The first kappa shape index (κ1) is 27.4. The van der Waals surface area contributed by atoms with E-state index in [1.54, 1.807) is 27.7 Å². The molecule has 1 aromatic carbocycles. The lowest BCUT2D eigenvalue weighted by Gasteiger charge is -2.67. The van der Waals surface area contributed by atoms with Gasteiger partial charge in [0.05, 0.1) is 36.9 Å². The largest absolute Gasteiger partial charge is 0.454 e.